The van der Waals surface area contributed by atoms with Crippen molar-refractivity contribution >= 4 is 17.3 Å². The fourth-order valence-corrected chi connectivity index (χ4v) is 2.12. The van der Waals surface area contributed by atoms with E-state index in [0.717, 1.165) is 5.56 Å². The fraction of sp³-hybridized carbons (Fsp3) is 0.143. The lowest BCUT2D eigenvalue weighted by Crippen LogP contribution is -2.38. The minimum Gasteiger partial charge on any atom is -0.481 e. The first-order valence-corrected chi connectivity index (χ1v) is 5.96. The van der Waals surface area contributed by atoms with Gasteiger partial charge in [-0.05, 0) is 29.8 Å². The van der Waals surface area contributed by atoms with Gasteiger partial charge < -0.3 is 10.5 Å². The fourth-order valence-electron chi connectivity index (χ4n) is 2.12. The molecule has 0 saturated carbocycles. The van der Waals surface area contributed by atoms with Crippen molar-refractivity contribution < 1.29 is 9.53 Å². The van der Waals surface area contributed by atoms with Gasteiger partial charge in [0, 0.05) is 12.4 Å². The third kappa shape index (κ3) is 2.10. The highest BCUT2D eigenvalue weighted by Crippen LogP contribution is 2.37. The summed E-state index contributed by atoms with van der Waals surface area (Å²) in [6, 6.07) is 9.15. The monoisotopic (exact) mass is 255 g/mol. The summed E-state index contributed by atoms with van der Waals surface area (Å²) in [6.45, 7) is 0.507. The standard InChI is InChI=1S/C14H13N3O2/c15-11-2-1-3-12-14(11)17(13(18)9-19-12)8-10-4-6-16-7-5-10/h1-7H,8-9,15H2. The molecular weight excluding hydrogens is 242 g/mol. The highest BCUT2D eigenvalue weighted by Gasteiger charge is 2.27. The smallest absolute Gasteiger partial charge is 0.265 e. The number of rotatable bonds is 2. The van der Waals surface area contributed by atoms with E-state index in [9.17, 15) is 4.79 Å². The topological polar surface area (TPSA) is 68.5 Å². The third-order valence-electron chi connectivity index (χ3n) is 3.04. The van der Waals surface area contributed by atoms with Gasteiger partial charge in [0.05, 0.1) is 12.2 Å². The van der Waals surface area contributed by atoms with Gasteiger partial charge in [-0.25, -0.2) is 0 Å². The van der Waals surface area contributed by atoms with E-state index in [2.05, 4.69) is 4.98 Å². The summed E-state index contributed by atoms with van der Waals surface area (Å²) in [6.07, 6.45) is 3.41. The number of hydrogen-bond acceptors (Lipinski definition) is 4. The summed E-state index contributed by atoms with van der Waals surface area (Å²) in [7, 11) is 0. The zero-order chi connectivity index (χ0) is 13.2. The molecule has 5 nitrogen and oxygen atoms in total. The minimum absolute atomic E-state index is 0.0432. The second kappa shape index (κ2) is 4.61. The first-order chi connectivity index (χ1) is 9.25. The predicted octanol–water partition coefficient (Wildman–Crippen LogP) is 1.59. The van der Waals surface area contributed by atoms with Crippen molar-refractivity contribution in [1.29, 1.82) is 0 Å². The van der Waals surface area contributed by atoms with Gasteiger partial charge in [0.15, 0.2) is 6.61 Å². The zero-order valence-corrected chi connectivity index (χ0v) is 10.2. The molecule has 0 atom stereocenters. The quantitative estimate of drug-likeness (QED) is 0.827. The Morgan fingerprint density at radius 1 is 1.26 bits per heavy atom. The van der Waals surface area contributed by atoms with Crippen LogP contribution in [0.5, 0.6) is 5.75 Å². The van der Waals surface area contributed by atoms with E-state index < -0.39 is 0 Å². The Morgan fingerprint density at radius 2 is 2.05 bits per heavy atom. The molecule has 0 aliphatic carbocycles. The summed E-state index contributed by atoms with van der Waals surface area (Å²) in [5.41, 5.74) is 8.15. The van der Waals surface area contributed by atoms with Gasteiger partial charge >= 0.3 is 0 Å². The number of ether oxygens (including phenoxy) is 1. The maximum Gasteiger partial charge on any atom is 0.265 e. The molecule has 1 aromatic heterocycles. The number of amides is 1. The maximum absolute atomic E-state index is 12.0. The van der Waals surface area contributed by atoms with Gasteiger partial charge in [-0.15, -0.1) is 0 Å². The first kappa shape index (κ1) is 11.5. The van der Waals surface area contributed by atoms with Crippen LogP contribution in [0.2, 0.25) is 0 Å². The Bertz CT molecular complexity index is 613. The number of pyridine rings is 1. The number of nitrogens with zero attached hydrogens (tertiary/aromatic N) is 2. The number of aromatic nitrogens is 1. The average molecular weight is 255 g/mol. The van der Waals surface area contributed by atoms with Gasteiger partial charge in [-0.2, -0.15) is 0 Å². The molecule has 2 N–H and O–H groups in total. The molecule has 0 radical (unpaired) electrons. The number of nitrogens with two attached hydrogens (primary N) is 1. The molecule has 1 aliphatic heterocycles. The van der Waals surface area contributed by atoms with Gasteiger partial charge in [0.1, 0.15) is 11.4 Å². The SMILES string of the molecule is Nc1cccc2c1N(Cc1ccncc1)C(=O)CO2. The van der Waals surface area contributed by atoms with Crippen LogP contribution in [0.4, 0.5) is 11.4 Å². The number of anilines is 2. The van der Waals surface area contributed by atoms with Crippen LogP contribution < -0.4 is 15.4 Å². The molecular formula is C14H13N3O2. The first-order valence-electron chi connectivity index (χ1n) is 5.96. The number of nitrogen functional groups attached to an aromatic ring is 1. The highest BCUT2D eigenvalue weighted by molar-refractivity contribution is 6.01. The largest absolute Gasteiger partial charge is 0.481 e. The molecule has 19 heavy (non-hydrogen) atoms. The van der Waals surface area contributed by atoms with E-state index in [1.807, 2.05) is 24.3 Å². The molecule has 96 valence electrons. The molecule has 3 rings (SSSR count). The Kier molecular flexibility index (Phi) is 2.79. The van der Waals surface area contributed by atoms with E-state index in [1.54, 1.807) is 23.4 Å². The van der Waals surface area contributed by atoms with Crippen molar-refractivity contribution in [2.24, 2.45) is 0 Å². The Morgan fingerprint density at radius 3 is 2.84 bits per heavy atom. The van der Waals surface area contributed by atoms with Gasteiger partial charge in [-0.3, -0.25) is 14.7 Å². The van der Waals surface area contributed by atoms with E-state index in [1.165, 1.54) is 0 Å². The molecule has 5 heteroatoms. The van der Waals surface area contributed by atoms with Gasteiger partial charge in [-0.1, -0.05) is 6.07 Å². The molecule has 0 bridgehead atoms. The molecule has 1 aliphatic rings. The summed E-state index contributed by atoms with van der Waals surface area (Å²) in [5, 5.41) is 0. The zero-order valence-electron chi connectivity index (χ0n) is 10.2. The van der Waals surface area contributed by atoms with Crippen LogP contribution in [0, 0.1) is 0 Å². The molecule has 0 spiro atoms. The van der Waals surface area contributed by atoms with Crippen LogP contribution in [0.1, 0.15) is 5.56 Å². The second-order valence-electron chi connectivity index (χ2n) is 4.32. The summed E-state index contributed by atoms with van der Waals surface area (Å²) in [4.78, 5) is 17.7. The number of hydrogen-bond donors (Lipinski definition) is 1. The Balaban J connectivity index is 2.00. The summed E-state index contributed by atoms with van der Waals surface area (Å²) < 4.78 is 5.40. The molecule has 0 saturated heterocycles. The molecule has 1 aromatic carbocycles. The van der Waals surface area contributed by atoms with Crippen molar-refractivity contribution in [1.82, 2.24) is 4.98 Å². The van der Waals surface area contributed by atoms with Crippen LogP contribution in [0.3, 0.4) is 0 Å². The normalized spacial score (nSPS) is 13.9. The van der Waals surface area contributed by atoms with Gasteiger partial charge in [0.2, 0.25) is 0 Å². The molecule has 0 fully saturated rings. The summed E-state index contributed by atoms with van der Waals surface area (Å²) >= 11 is 0. The van der Waals surface area contributed by atoms with Crippen molar-refractivity contribution in [3.63, 3.8) is 0 Å². The number of fused-ring (bicyclic) bond motifs is 1. The van der Waals surface area contributed by atoms with Crippen LogP contribution in [0.25, 0.3) is 0 Å². The summed E-state index contributed by atoms with van der Waals surface area (Å²) in [5.74, 6) is 0.552. The van der Waals surface area contributed by atoms with Crippen LogP contribution in [0.15, 0.2) is 42.7 Å². The predicted molar refractivity (Wildman–Crippen MR) is 71.8 cm³/mol. The van der Waals surface area contributed by atoms with E-state index in [-0.39, 0.29) is 12.5 Å². The van der Waals surface area contributed by atoms with Crippen molar-refractivity contribution in [2.75, 3.05) is 17.2 Å². The highest BCUT2D eigenvalue weighted by atomic mass is 16.5. The van der Waals surface area contributed by atoms with E-state index in [0.29, 0.717) is 23.7 Å². The lowest BCUT2D eigenvalue weighted by Gasteiger charge is -2.30. The van der Waals surface area contributed by atoms with E-state index in [4.69, 9.17) is 10.5 Å². The Hall–Kier alpha value is -2.56. The molecule has 2 heterocycles. The number of para-hydroxylation sites is 1. The molecule has 1 amide bonds. The Labute approximate surface area is 110 Å². The second-order valence-corrected chi connectivity index (χ2v) is 4.32. The maximum atomic E-state index is 12.0. The van der Waals surface area contributed by atoms with E-state index >= 15 is 0 Å². The van der Waals surface area contributed by atoms with Crippen molar-refractivity contribution in [2.45, 2.75) is 6.54 Å². The average Bonchev–Trinajstić information content (AvgIpc) is 2.43. The van der Waals surface area contributed by atoms with Gasteiger partial charge in [0.25, 0.3) is 5.91 Å². The van der Waals surface area contributed by atoms with Crippen molar-refractivity contribution in [3.05, 3.63) is 48.3 Å². The minimum atomic E-state index is -0.0952. The molecule has 0 unspecified atom stereocenters. The lowest BCUT2D eigenvalue weighted by atomic mass is 10.1. The molecule has 2 aromatic rings. The number of carbonyl (C=O) groups is 1. The van der Waals surface area contributed by atoms with Crippen LogP contribution in [-0.4, -0.2) is 17.5 Å². The van der Waals surface area contributed by atoms with Crippen LogP contribution in [-0.2, 0) is 11.3 Å². The number of benzene rings is 1. The lowest BCUT2D eigenvalue weighted by molar-refractivity contribution is -0.121. The van der Waals surface area contributed by atoms with Crippen LogP contribution >= 0.6 is 0 Å². The van der Waals surface area contributed by atoms with Crippen molar-refractivity contribution in [3.8, 4) is 5.75 Å². The number of carbonyl (C=O) groups excluding carboxylic acids is 1. The third-order valence-corrected chi connectivity index (χ3v) is 3.04.